The molecule has 0 saturated carbocycles. The Morgan fingerprint density at radius 1 is 1.44 bits per heavy atom. The Bertz CT molecular complexity index is 323. The lowest BCUT2D eigenvalue weighted by atomic mass is 10.2. The van der Waals surface area contributed by atoms with Gasteiger partial charge in [0, 0.05) is 25.9 Å². The number of para-hydroxylation sites is 1. The Balaban J connectivity index is 2.86. The fourth-order valence-corrected chi connectivity index (χ4v) is 1.55. The molecule has 0 aliphatic heterocycles. The molecule has 1 amide bonds. The maximum absolute atomic E-state index is 12.1. The third-order valence-electron chi connectivity index (χ3n) is 2.42. The van der Waals surface area contributed by atoms with Gasteiger partial charge in [0.15, 0.2) is 0 Å². The van der Waals surface area contributed by atoms with Crippen molar-refractivity contribution in [3.05, 3.63) is 30.3 Å². The van der Waals surface area contributed by atoms with Crippen LogP contribution in [0, 0.1) is 0 Å². The zero-order valence-corrected chi connectivity index (χ0v) is 9.72. The number of ether oxygens (including phenoxy) is 1. The second-order valence-corrected chi connectivity index (χ2v) is 3.38. The maximum atomic E-state index is 12.1. The number of methoxy groups -OCH3 is 1. The van der Waals surface area contributed by atoms with E-state index in [1.54, 1.807) is 4.90 Å². The molecule has 1 aromatic carbocycles. The molecule has 0 aromatic heterocycles. The minimum Gasteiger partial charge on any atom is -0.370 e. The number of amides is 1. The van der Waals surface area contributed by atoms with Crippen LogP contribution in [0.25, 0.3) is 0 Å². The van der Waals surface area contributed by atoms with Crippen LogP contribution >= 0.6 is 0 Å². The van der Waals surface area contributed by atoms with E-state index in [0.717, 1.165) is 5.69 Å². The fourth-order valence-electron chi connectivity index (χ4n) is 1.55. The number of nitrogens with zero attached hydrogens (tertiary/aromatic N) is 1. The Kier molecular flexibility index (Phi) is 4.95. The van der Waals surface area contributed by atoms with Crippen LogP contribution < -0.4 is 10.6 Å². The largest absolute Gasteiger partial charge is 0.370 e. The predicted octanol–water partition coefficient (Wildman–Crippen LogP) is 1.01. The SMILES string of the molecule is CCN(C(=O)C(CN)OC)c1ccccc1. The summed E-state index contributed by atoms with van der Waals surface area (Å²) in [6, 6.07) is 9.50. The molecule has 4 heteroatoms. The van der Waals surface area contributed by atoms with Crippen molar-refractivity contribution in [3.8, 4) is 0 Å². The minimum atomic E-state index is -0.569. The second-order valence-electron chi connectivity index (χ2n) is 3.38. The number of carbonyl (C=O) groups is 1. The molecule has 0 bridgehead atoms. The lowest BCUT2D eigenvalue weighted by molar-refractivity contribution is -0.127. The van der Waals surface area contributed by atoms with Crippen LogP contribution in [0.1, 0.15) is 6.92 Å². The van der Waals surface area contributed by atoms with Crippen molar-refractivity contribution in [2.24, 2.45) is 5.73 Å². The van der Waals surface area contributed by atoms with Gasteiger partial charge in [-0.05, 0) is 19.1 Å². The molecule has 0 heterocycles. The molecule has 0 radical (unpaired) electrons. The molecule has 1 atom stereocenters. The first kappa shape index (κ1) is 12.7. The summed E-state index contributed by atoms with van der Waals surface area (Å²) in [6.45, 7) is 2.72. The van der Waals surface area contributed by atoms with Gasteiger partial charge in [-0.15, -0.1) is 0 Å². The molecule has 16 heavy (non-hydrogen) atoms. The van der Waals surface area contributed by atoms with E-state index in [1.165, 1.54) is 7.11 Å². The van der Waals surface area contributed by atoms with Crippen molar-refractivity contribution in [2.75, 3.05) is 25.1 Å². The smallest absolute Gasteiger partial charge is 0.257 e. The van der Waals surface area contributed by atoms with Crippen molar-refractivity contribution in [2.45, 2.75) is 13.0 Å². The summed E-state index contributed by atoms with van der Waals surface area (Å²) in [5.74, 6) is -0.0984. The Labute approximate surface area is 96.0 Å². The topological polar surface area (TPSA) is 55.6 Å². The molecule has 1 unspecified atom stereocenters. The van der Waals surface area contributed by atoms with Gasteiger partial charge in [-0.1, -0.05) is 18.2 Å². The quantitative estimate of drug-likeness (QED) is 0.809. The normalized spacial score (nSPS) is 12.2. The van der Waals surface area contributed by atoms with E-state index in [1.807, 2.05) is 37.3 Å². The number of carbonyl (C=O) groups excluding carboxylic acids is 1. The molecule has 1 aromatic rings. The van der Waals surface area contributed by atoms with Gasteiger partial charge in [-0.3, -0.25) is 4.79 Å². The Hall–Kier alpha value is -1.39. The lowest BCUT2D eigenvalue weighted by Crippen LogP contribution is -2.43. The van der Waals surface area contributed by atoms with E-state index in [9.17, 15) is 4.79 Å². The number of anilines is 1. The number of rotatable bonds is 5. The van der Waals surface area contributed by atoms with E-state index in [4.69, 9.17) is 10.5 Å². The third-order valence-corrected chi connectivity index (χ3v) is 2.42. The molecule has 2 N–H and O–H groups in total. The number of hydrogen-bond acceptors (Lipinski definition) is 3. The van der Waals surface area contributed by atoms with Crippen LogP contribution in [0.4, 0.5) is 5.69 Å². The summed E-state index contributed by atoms with van der Waals surface area (Å²) >= 11 is 0. The van der Waals surface area contributed by atoms with E-state index in [0.29, 0.717) is 6.54 Å². The van der Waals surface area contributed by atoms with Crippen molar-refractivity contribution in [3.63, 3.8) is 0 Å². The van der Waals surface area contributed by atoms with Gasteiger partial charge in [0.2, 0.25) is 0 Å². The van der Waals surface area contributed by atoms with Crippen LogP contribution in [-0.4, -0.2) is 32.2 Å². The summed E-state index contributed by atoms with van der Waals surface area (Å²) in [5.41, 5.74) is 6.35. The lowest BCUT2D eigenvalue weighted by Gasteiger charge is -2.24. The summed E-state index contributed by atoms with van der Waals surface area (Å²) < 4.78 is 5.05. The molecule has 0 saturated heterocycles. The van der Waals surface area contributed by atoms with Crippen LogP contribution in [0.3, 0.4) is 0 Å². The van der Waals surface area contributed by atoms with Gasteiger partial charge in [-0.25, -0.2) is 0 Å². The zero-order chi connectivity index (χ0) is 12.0. The highest BCUT2D eigenvalue weighted by Gasteiger charge is 2.22. The van der Waals surface area contributed by atoms with Crippen molar-refractivity contribution in [1.29, 1.82) is 0 Å². The fraction of sp³-hybridized carbons (Fsp3) is 0.417. The summed E-state index contributed by atoms with van der Waals surface area (Å²) in [5, 5.41) is 0. The van der Waals surface area contributed by atoms with Crippen LogP contribution in [0.5, 0.6) is 0 Å². The van der Waals surface area contributed by atoms with E-state index >= 15 is 0 Å². The van der Waals surface area contributed by atoms with Crippen molar-refractivity contribution in [1.82, 2.24) is 0 Å². The van der Waals surface area contributed by atoms with Crippen molar-refractivity contribution < 1.29 is 9.53 Å². The average Bonchev–Trinajstić information content (AvgIpc) is 2.33. The minimum absolute atomic E-state index is 0.0984. The predicted molar refractivity (Wildman–Crippen MR) is 64.3 cm³/mol. The van der Waals surface area contributed by atoms with Gasteiger partial charge in [0.05, 0.1) is 0 Å². The van der Waals surface area contributed by atoms with E-state index < -0.39 is 6.10 Å². The first-order valence-electron chi connectivity index (χ1n) is 5.33. The van der Waals surface area contributed by atoms with Crippen molar-refractivity contribution >= 4 is 11.6 Å². The maximum Gasteiger partial charge on any atom is 0.257 e. The molecule has 0 aliphatic carbocycles. The molecular weight excluding hydrogens is 204 g/mol. The first-order valence-corrected chi connectivity index (χ1v) is 5.33. The second kappa shape index (κ2) is 6.25. The number of likely N-dealkylation sites (N-methyl/N-ethyl adjacent to an activating group) is 1. The highest BCUT2D eigenvalue weighted by Crippen LogP contribution is 2.14. The molecular formula is C12H18N2O2. The summed E-state index contributed by atoms with van der Waals surface area (Å²) in [7, 11) is 1.49. The molecule has 1 rings (SSSR count). The van der Waals surface area contributed by atoms with E-state index in [-0.39, 0.29) is 12.5 Å². The molecule has 0 fully saturated rings. The highest BCUT2D eigenvalue weighted by atomic mass is 16.5. The Morgan fingerprint density at radius 3 is 2.50 bits per heavy atom. The van der Waals surface area contributed by atoms with Gasteiger partial charge >= 0.3 is 0 Å². The van der Waals surface area contributed by atoms with Gasteiger partial charge in [0.1, 0.15) is 6.10 Å². The molecule has 0 spiro atoms. The van der Waals surface area contributed by atoms with Gasteiger partial charge in [-0.2, -0.15) is 0 Å². The summed E-state index contributed by atoms with van der Waals surface area (Å²) in [6.07, 6.45) is -0.569. The van der Waals surface area contributed by atoms with E-state index in [2.05, 4.69) is 0 Å². The molecule has 4 nitrogen and oxygen atoms in total. The summed E-state index contributed by atoms with van der Waals surface area (Å²) in [4.78, 5) is 13.7. The van der Waals surface area contributed by atoms with Crippen LogP contribution in [0.15, 0.2) is 30.3 Å². The molecule has 0 aliphatic rings. The average molecular weight is 222 g/mol. The monoisotopic (exact) mass is 222 g/mol. The van der Waals surface area contributed by atoms with Crippen LogP contribution in [-0.2, 0) is 9.53 Å². The molecule has 88 valence electrons. The van der Waals surface area contributed by atoms with Gasteiger partial charge < -0.3 is 15.4 Å². The number of benzene rings is 1. The highest BCUT2D eigenvalue weighted by molar-refractivity contribution is 5.96. The number of hydrogen-bond donors (Lipinski definition) is 1. The van der Waals surface area contributed by atoms with Gasteiger partial charge in [0.25, 0.3) is 5.91 Å². The zero-order valence-electron chi connectivity index (χ0n) is 9.72. The Morgan fingerprint density at radius 2 is 2.06 bits per heavy atom. The first-order chi connectivity index (χ1) is 7.74. The standard InChI is InChI=1S/C12H18N2O2/c1-3-14(10-7-5-4-6-8-10)12(15)11(9-13)16-2/h4-8,11H,3,9,13H2,1-2H3. The third kappa shape index (κ3) is 2.81. The van der Waals surface area contributed by atoms with Crippen LogP contribution in [0.2, 0.25) is 0 Å². The number of nitrogens with two attached hydrogens (primary N) is 1.